The zero-order valence-corrected chi connectivity index (χ0v) is 10.7. The normalized spacial score (nSPS) is 17.6. The molecule has 0 radical (unpaired) electrons. The van der Waals surface area contributed by atoms with E-state index < -0.39 is 0 Å². The van der Waals surface area contributed by atoms with E-state index in [4.69, 9.17) is 0 Å². The Bertz CT molecular complexity index is 200. The molecule has 0 unspecified atom stereocenters. The molecule has 1 amide bonds. The van der Waals surface area contributed by atoms with Crippen molar-refractivity contribution in [3.63, 3.8) is 0 Å². The number of amides is 1. The molecule has 4 heteroatoms. The molecule has 0 spiro atoms. The summed E-state index contributed by atoms with van der Waals surface area (Å²) in [5.41, 5.74) is 0. The standard InChI is InChI=1S/C12H25N3O/c1-3-8-14(4-2)11-12(16)15-9-5-6-13-7-10-15/h13H,3-11H2,1-2H3. The smallest absolute Gasteiger partial charge is 0.236 e. The summed E-state index contributed by atoms with van der Waals surface area (Å²) in [6, 6.07) is 0. The van der Waals surface area contributed by atoms with Gasteiger partial charge in [-0.1, -0.05) is 13.8 Å². The van der Waals surface area contributed by atoms with Crippen molar-refractivity contribution in [1.29, 1.82) is 0 Å². The van der Waals surface area contributed by atoms with Crippen molar-refractivity contribution in [2.45, 2.75) is 26.7 Å². The van der Waals surface area contributed by atoms with Crippen LogP contribution in [-0.2, 0) is 4.79 Å². The van der Waals surface area contributed by atoms with Crippen molar-refractivity contribution >= 4 is 5.91 Å². The molecule has 0 saturated carbocycles. The van der Waals surface area contributed by atoms with Crippen LogP contribution in [-0.4, -0.2) is 61.5 Å². The van der Waals surface area contributed by atoms with E-state index in [1.165, 1.54) is 0 Å². The van der Waals surface area contributed by atoms with Gasteiger partial charge in [-0.25, -0.2) is 0 Å². The third-order valence-electron chi connectivity index (χ3n) is 3.04. The lowest BCUT2D eigenvalue weighted by atomic mass is 10.3. The van der Waals surface area contributed by atoms with Crippen LogP contribution in [0.1, 0.15) is 26.7 Å². The van der Waals surface area contributed by atoms with Gasteiger partial charge in [0.25, 0.3) is 0 Å². The lowest BCUT2D eigenvalue weighted by Gasteiger charge is -2.25. The maximum atomic E-state index is 12.1. The zero-order chi connectivity index (χ0) is 11.8. The van der Waals surface area contributed by atoms with Crippen molar-refractivity contribution in [3.8, 4) is 0 Å². The van der Waals surface area contributed by atoms with Gasteiger partial charge in [0.05, 0.1) is 6.54 Å². The Balaban J connectivity index is 2.36. The minimum atomic E-state index is 0.291. The van der Waals surface area contributed by atoms with E-state index in [-0.39, 0.29) is 0 Å². The Morgan fingerprint density at radius 3 is 2.81 bits per heavy atom. The molecule has 1 aliphatic heterocycles. The molecule has 94 valence electrons. The highest BCUT2D eigenvalue weighted by Crippen LogP contribution is 1.99. The van der Waals surface area contributed by atoms with Gasteiger partial charge >= 0.3 is 0 Å². The third-order valence-corrected chi connectivity index (χ3v) is 3.04. The average Bonchev–Trinajstić information content (AvgIpc) is 2.56. The minimum absolute atomic E-state index is 0.291. The number of likely N-dealkylation sites (N-methyl/N-ethyl adjacent to an activating group) is 1. The Morgan fingerprint density at radius 2 is 2.12 bits per heavy atom. The summed E-state index contributed by atoms with van der Waals surface area (Å²) >= 11 is 0. The monoisotopic (exact) mass is 227 g/mol. The van der Waals surface area contributed by atoms with E-state index >= 15 is 0 Å². The highest BCUT2D eigenvalue weighted by molar-refractivity contribution is 5.78. The van der Waals surface area contributed by atoms with Crippen LogP contribution < -0.4 is 5.32 Å². The Labute approximate surface area is 99.0 Å². The summed E-state index contributed by atoms with van der Waals surface area (Å²) in [5.74, 6) is 0.291. The summed E-state index contributed by atoms with van der Waals surface area (Å²) in [6.45, 7) is 10.6. The number of nitrogens with zero attached hydrogens (tertiary/aromatic N) is 2. The molecule has 0 aliphatic carbocycles. The molecule has 1 N–H and O–H groups in total. The van der Waals surface area contributed by atoms with Gasteiger partial charge in [-0.05, 0) is 32.5 Å². The fourth-order valence-electron chi connectivity index (χ4n) is 2.05. The van der Waals surface area contributed by atoms with Gasteiger partial charge in [0.1, 0.15) is 0 Å². The van der Waals surface area contributed by atoms with Crippen molar-refractivity contribution in [1.82, 2.24) is 15.1 Å². The van der Waals surface area contributed by atoms with Gasteiger partial charge in [-0.15, -0.1) is 0 Å². The molecule has 0 aromatic heterocycles. The van der Waals surface area contributed by atoms with Crippen LogP contribution in [0.15, 0.2) is 0 Å². The number of hydrogen-bond acceptors (Lipinski definition) is 3. The van der Waals surface area contributed by atoms with Crippen molar-refractivity contribution in [2.75, 3.05) is 45.8 Å². The molecule has 1 rings (SSSR count). The van der Waals surface area contributed by atoms with Crippen molar-refractivity contribution in [2.24, 2.45) is 0 Å². The molecule has 0 aromatic rings. The maximum absolute atomic E-state index is 12.1. The second kappa shape index (κ2) is 7.63. The molecule has 0 bridgehead atoms. The van der Waals surface area contributed by atoms with Crippen LogP contribution in [0.2, 0.25) is 0 Å². The topological polar surface area (TPSA) is 35.6 Å². The van der Waals surface area contributed by atoms with Crippen LogP contribution in [0, 0.1) is 0 Å². The van der Waals surface area contributed by atoms with Crippen LogP contribution in [0.3, 0.4) is 0 Å². The third kappa shape index (κ3) is 4.49. The number of nitrogens with one attached hydrogen (secondary N) is 1. The van der Waals surface area contributed by atoms with Crippen LogP contribution in [0.25, 0.3) is 0 Å². The van der Waals surface area contributed by atoms with Gasteiger partial charge < -0.3 is 10.2 Å². The Kier molecular flexibility index (Phi) is 6.42. The van der Waals surface area contributed by atoms with Crippen molar-refractivity contribution in [3.05, 3.63) is 0 Å². The first kappa shape index (κ1) is 13.5. The van der Waals surface area contributed by atoms with E-state index in [1.54, 1.807) is 0 Å². The number of carbonyl (C=O) groups excluding carboxylic acids is 1. The predicted molar refractivity (Wildman–Crippen MR) is 66.5 cm³/mol. The van der Waals surface area contributed by atoms with Gasteiger partial charge in [0.15, 0.2) is 0 Å². The predicted octanol–water partition coefficient (Wildman–Crippen LogP) is 0.540. The van der Waals surface area contributed by atoms with E-state index in [9.17, 15) is 4.79 Å². The Morgan fingerprint density at radius 1 is 1.31 bits per heavy atom. The van der Waals surface area contributed by atoms with E-state index in [1.807, 2.05) is 4.90 Å². The summed E-state index contributed by atoms with van der Waals surface area (Å²) in [5, 5.41) is 3.32. The van der Waals surface area contributed by atoms with Crippen LogP contribution >= 0.6 is 0 Å². The molecule has 1 fully saturated rings. The number of hydrogen-bond donors (Lipinski definition) is 1. The molecule has 16 heavy (non-hydrogen) atoms. The van der Waals surface area contributed by atoms with Crippen molar-refractivity contribution < 1.29 is 4.79 Å². The quantitative estimate of drug-likeness (QED) is 0.744. The largest absolute Gasteiger partial charge is 0.340 e. The first-order valence-electron chi connectivity index (χ1n) is 6.48. The summed E-state index contributed by atoms with van der Waals surface area (Å²) in [7, 11) is 0. The zero-order valence-electron chi connectivity index (χ0n) is 10.7. The van der Waals surface area contributed by atoms with E-state index in [0.29, 0.717) is 12.5 Å². The van der Waals surface area contributed by atoms with Gasteiger partial charge in [-0.2, -0.15) is 0 Å². The van der Waals surface area contributed by atoms with Gasteiger partial charge in [0, 0.05) is 19.6 Å². The number of carbonyl (C=O) groups is 1. The first-order valence-corrected chi connectivity index (χ1v) is 6.48. The molecule has 4 nitrogen and oxygen atoms in total. The average molecular weight is 227 g/mol. The molecular formula is C12H25N3O. The molecular weight excluding hydrogens is 202 g/mol. The molecule has 1 heterocycles. The fraction of sp³-hybridized carbons (Fsp3) is 0.917. The highest BCUT2D eigenvalue weighted by Gasteiger charge is 2.17. The lowest BCUT2D eigenvalue weighted by molar-refractivity contribution is -0.132. The van der Waals surface area contributed by atoms with Gasteiger partial charge in [0.2, 0.25) is 5.91 Å². The molecule has 0 aromatic carbocycles. The highest BCUT2D eigenvalue weighted by atomic mass is 16.2. The molecule has 1 aliphatic rings. The number of rotatable bonds is 5. The maximum Gasteiger partial charge on any atom is 0.236 e. The molecule has 0 atom stereocenters. The van der Waals surface area contributed by atoms with Gasteiger partial charge in [-0.3, -0.25) is 9.69 Å². The minimum Gasteiger partial charge on any atom is -0.340 e. The fourth-order valence-corrected chi connectivity index (χ4v) is 2.05. The lowest BCUT2D eigenvalue weighted by Crippen LogP contribution is -2.42. The van der Waals surface area contributed by atoms with Crippen LogP contribution in [0.5, 0.6) is 0 Å². The SMILES string of the molecule is CCCN(CC)CC(=O)N1CCCNCC1. The summed E-state index contributed by atoms with van der Waals surface area (Å²) in [4.78, 5) is 16.3. The van der Waals surface area contributed by atoms with Crippen LogP contribution in [0.4, 0.5) is 0 Å². The second-order valence-electron chi connectivity index (χ2n) is 4.35. The van der Waals surface area contributed by atoms with E-state index in [2.05, 4.69) is 24.1 Å². The Hall–Kier alpha value is -0.610. The first-order chi connectivity index (χ1) is 7.77. The second-order valence-corrected chi connectivity index (χ2v) is 4.35. The van der Waals surface area contributed by atoms with E-state index in [0.717, 1.165) is 52.1 Å². The summed E-state index contributed by atoms with van der Waals surface area (Å²) in [6.07, 6.45) is 2.19. The molecule has 1 saturated heterocycles. The summed E-state index contributed by atoms with van der Waals surface area (Å²) < 4.78 is 0.